The van der Waals surface area contributed by atoms with Crippen LogP contribution in [0.5, 0.6) is 5.75 Å². The van der Waals surface area contributed by atoms with E-state index in [1.807, 2.05) is 0 Å². The molecular formula is C20H14N4O5. The van der Waals surface area contributed by atoms with Crippen LogP contribution in [0, 0.1) is 10.1 Å². The summed E-state index contributed by atoms with van der Waals surface area (Å²) in [5.74, 6) is -0.839. The summed E-state index contributed by atoms with van der Waals surface area (Å²) in [5, 5.41) is 14.7. The molecule has 0 aliphatic heterocycles. The van der Waals surface area contributed by atoms with Crippen LogP contribution in [0.2, 0.25) is 0 Å². The minimum Gasteiger partial charge on any atom is -0.423 e. The molecule has 0 aliphatic rings. The molecule has 0 fully saturated rings. The highest BCUT2D eigenvalue weighted by Gasteiger charge is 2.13. The van der Waals surface area contributed by atoms with Gasteiger partial charge >= 0.3 is 5.97 Å². The second-order valence-electron chi connectivity index (χ2n) is 5.71. The smallest absolute Gasteiger partial charge is 0.343 e. The lowest BCUT2D eigenvalue weighted by Gasteiger charge is -2.04. The molecular weight excluding hydrogens is 376 g/mol. The van der Waals surface area contributed by atoms with E-state index in [9.17, 15) is 19.7 Å². The first kappa shape index (κ1) is 19.4. The molecule has 0 unspecified atom stereocenters. The summed E-state index contributed by atoms with van der Waals surface area (Å²) in [6.07, 6.45) is 4.42. The Balaban J connectivity index is 1.58. The van der Waals surface area contributed by atoms with Gasteiger partial charge in [0.2, 0.25) is 0 Å². The Morgan fingerprint density at radius 3 is 2.52 bits per heavy atom. The van der Waals surface area contributed by atoms with Gasteiger partial charge in [-0.05, 0) is 48.0 Å². The number of benzene rings is 2. The van der Waals surface area contributed by atoms with Crippen molar-refractivity contribution in [3.05, 3.63) is 99.9 Å². The summed E-state index contributed by atoms with van der Waals surface area (Å²) < 4.78 is 5.21. The topological polar surface area (TPSA) is 124 Å². The van der Waals surface area contributed by atoms with Gasteiger partial charge in [0.1, 0.15) is 5.75 Å². The number of hydrogen-bond acceptors (Lipinski definition) is 7. The molecule has 29 heavy (non-hydrogen) atoms. The third kappa shape index (κ3) is 5.30. The van der Waals surface area contributed by atoms with Crippen molar-refractivity contribution in [2.45, 2.75) is 0 Å². The van der Waals surface area contributed by atoms with Gasteiger partial charge in [-0.25, -0.2) is 10.2 Å². The van der Waals surface area contributed by atoms with Crippen molar-refractivity contribution >= 4 is 23.8 Å². The van der Waals surface area contributed by atoms with Crippen LogP contribution < -0.4 is 10.2 Å². The summed E-state index contributed by atoms with van der Waals surface area (Å²) in [7, 11) is 0. The van der Waals surface area contributed by atoms with Gasteiger partial charge in [0.25, 0.3) is 11.6 Å². The number of rotatable bonds is 6. The number of aromatic nitrogens is 1. The van der Waals surface area contributed by atoms with Gasteiger partial charge in [-0.2, -0.15) is 5.10 Å². The number of carbonyl (C=O) groups is 2. The molecule has 0 radical (unpaired) electrons. The minimum atomic E-state index is -0.709. The van der Waals surface area contributed by atoms with Gasteiger partial charge < -0.3 is 4.74 Å². The summed E-state index contributed by atoms with van der Waals surface area (Å²) in [6.45, 7) is 0. The van der Waals surface area contributed by atoms with E-state index in [2.05, 4.69) is 15.5 Å². The number of nitrogens with zero attached hydrogens (tertiary/aromatic N) is 3. The zero-order valence-corrected chi connectivity index (χ0v) is 14.9. The number of nitrogens with one attached hydrogen (secondary N) is 1. The highest BCUT2D eigenvalue weighted by molar-refractivity contribution is 5.94. The van der Waals surface area contributed by atoms with Crippen molar-refractivity contribution in [2.75, 3.05) is 0 Å². The van der Waals surface area contributed by atoms with E-state index in [0.717, 1.165) is 6.07 Å². The van der Waals surface area contributed by atoms with E-state index in [4.69, 9.17) is 4.74 Å². The van der Waals surface area contributed by atoms with Crippen LogP contribution in [-0.4, -0.2) is 28.0 Å². The molecule has 1 amide bonds. The van der Waals surface area contributed by atoms with Gasteiger partial charge in [0.15, 0.2) is 0 Å². The Labute approximate surface area is 164 Å². The molecule has 1 aromatic heterocycles. The molecule has 0 atom stereocenters. The van der Waals surface area contributed by atoms with E-state index in [-0.39, 0.29) is 17.0 Å². The maximum Gasteiger partial charge on any atom is 0.343 e. The van der Waals surface area contributed by atoms with Crippen molar-refractivity contribution in [2.24, 2.45) is 5.10 Å². The average Bonchev–Trinajstić information content (AvgIpc) is 2.75. The minimum absolute atomic E-state index is 0.0722. The number of pyridine rings is 1. The molecule has 0 saturated heterocycles. The van der Waals surface area contributed by atoms with Crippen LogP contribution in [0.1, 0.15) is 26.3 Å². The van der Waals surface area contributed by atoms with Crippen LogP contribution >= 0.6 is 0 Å². The number of non-ortho nitro benzene ring substituents is 1. The SMILES string of the molecule is O=C(N/N=C\c1ccc(OC(=O)c2cccc([N+](=O)[O-])c2)cc1)c1cccnc1. The van der Waals surface area contributed by atoms with E-state index in [0.29, 0.717) is 11.1 Å². The molecule has 0 bridgehead atoms. The summed E-state index contributed by atoms with van der Waals surface area (Å²) >= 11 is 0. The molecule has 9 heteroatoms. The van der Waals surface area contributed by atoms with Gasteiger partial charge in [0, 0.05) is 24.5 Å². The highest BCUT2D eigenvalue weighted by atomic mass is 16.6. The molecule has 0 saturated carbocycles. The third-order valence-corrected chi connectivity index (χ3v) is 3.69. The first-order valence-corrected chi connectivity index (χ1v) is 8.33. The Hall–Kier alpha value is -4.40. The Morgan fingerprint density at radius 1 is 1.07 bits per heavy atom. The van der Waals surface area contributed by atoms with E-state index in [1.54, 1.807) is 42.6 Å². The van der Waals surface area contributed by atoms with Gasteiger partial charge in [-0.3, -0.25) is 19.9 Å². The lowest BCUT2D eigenvalue weighted by Crippen LogP contribution is -2.17. The number of hydrogen-bond donors (Lipinski definition) is 1. The fraction of sp³-hybridized carbons (Fsp3) is 0. The van der Waals surface area contributed by atoms with E-state index < -0.39 is 16.8 Å². The van der Waals surface area contributed by atoms with Crippen LogP contribution in [0.15, 0.2) is 78.2 Å². The summed E-state index contributed by atoms with van der Waals surface area (Å²) in [6, 6.07) is 14.9. The standard InChI is InChI=1S/C20H14N4O5/c25-19(16-4-2-10-21-13-16)23-22-12-14-6-8-18(9-7-14)29-20(26)15-3-1-5-17(11-15)24(27)28/h1-13H,(H,23,25)/b22-12-. The maximum atomic E-state index is 12.1. The van der Waals surface area contributed by atoms with E-state index in [1.165, 1.54) is 30.6 Å². The summed E-state index contributed by atoms with van der Waals surface area (Å²) in [5.41, 5.74) is 3.30. The van der Waals surface area contributed by atoms with Crippen molar-refractivity contribution in [1.29, 1.82) is 0 Å². The van der Waals surface area contributed by atoms with Crippen LogP contribution in [0.4, 0.5) is 5.69 Å². The Morgan fingerprint density at radius 2 is 1.83 bits per heavy atom. The van der Waals surface area contributed by atoms with E-state index >= 15 is 0 Å². The lowest BCUT2D eigenvalue weighted by molar-refractivity contribution is -0.384. The van der Waals surface area contributed by atoms with Crippen molar-refractivity contribution < 1.29 is 19.2 Å². The van der Waals surface area contributed by atoms with Crippen LogP contribution in [-0.2, 0) is 0 Å². The quantitative estimate of drug-likeness (QED) is 0.227. The zero-order valence-electron chi connectivity index (χ0n) is 14.9. The predicted molar refractivity (Wildman–Crippen MR) is 104 cm³/mol. The fourth-order valence-corrected chi connectivity index (χ4v) is 2.26. The van der Waals surface area contributed by atoms with Gasteiger partial charge in [-0.1, -0.05) is 6.07 Å². The fourth-order valence-electron chi connectivity index (χ4n) is 2.26. The number of amides is 1. The normalized spacial score (nSPS) is 10.5. The first-order chi connectivity index (χ1) is 14.0. The second-order valence-corrected chi connectivity index (χ2v) is 5.71. The number of ether oxygens (including phenoxy) is 1. The molecule has 3 aromatic rings. The monoisotopic (exact) mass is 390 g/mol. The number of nitro groups is 1. The molecule has 0 aliphatic carbocycles. The van der Waals surface area contributed by atoms with Gasteiger partial charge in [-0.15, -0.1) is 0 Å². The Bertz CT molecular complexity index is 1070. The average molecular weight is 390 g/mol. The Kier molecular flexibility index (Phi) is 6.01. The molecule has 0 spiro atoms. The number of esters is 1. The molecule has 144 valence electrons. The van der Waals surface area contributed by atoms with Crippen LogP contribution in [0.25, 0.3) is 0 Å². The van der Waals surface area contributed by atoms with Crippen molar-refractivity contribution in [1.82, 2.24) is 10.4 Å². The maximum absolute atomic E-state index is 12.1. The van der Waals surface area contributed by atoms with Crippen molar-refractivity contribution in [3.63, 3.8) is 0 Å². The molecule has 1 N–H and O–H groups in total. The second kappa shape index (κ2) is 9.00. The highest BCUT2D eigenvalue weighted by Crippen LogP contribution is 2.17. The summed E-state index contributed by atoms with van der Waals surface area (Å²) in [4.78, 5) is 38.0. The van der Waals surface area contributed by atoms with Crippen molar-refractivity contribution in [3.8, 4) is 5.75 Å². The largest absolute Gasteiger partial charge is 0.423 e. The predicted octanol–water partition coefficient (Wildman–Crippen LogP) is 2.97. The molecule has 9 nitrogen and oxygen atoms in total. The molecule has 3 rings (SSSR count). The zero-order chi connectivity index (χ0) is 20.6. The lowest BCUT2D eigenvalue weighted by atomic mass is 10.2. The first-order valence-electron chi connectivity index (χ1n) is 8.33. The number of nitro benzene ring substituents is 1. The number of hydrazone groups is 1. The molecule has 2 aromatic carbocycles. The third-order valence-electron chi connectivity index (χ3n) is 3.69. The number of carbonyl (C=O) groups excluding carboxylic acids is 2. The van der Waals surface area contributed by atoms with Crippen LogP contribution in [0.3, 0.4) is 0 Å². The van der Waals surface area contributed by atoms with Gasteiger partial charge in [0.05, 0.1) is 22.3 Å². The molecule has 1 heterocycles.